The Balaban J connectivity index is 0.960. The summed E-state index contributed by atoms with van der Waals surface area (Å²) in [5.74, 6) is -0.128. The Labute approximate surface area is 238 Å². The molecule has 41 heavy (non-hydrogen) atoms. The molecule has 3 aromatic rings. The number of ether oxygens (including phenoxy) is 2. The Morgan fingerprint density at radius 1 is 0.976 bits per heavy atom. The van der Waals surface area contributed by atoms with Crippen molar-refractivity contribution in [1.29, 1.82) is 0 Å². The van der Waals surface area contributed by atoms with E-state index in [4.69, 9.17) is 14.5 Å². The second-order valence-corrected chi connectivity index (χ2v) is 11.3. The predicted octanol–water partition coefficient (Wildman–Crippen LogP) is 2.49. The van der Waals surface area contributed by atoms with E-state index in [9.17, 15) is 14.4 Å². The van der Waals surface area contributed by atoms with Crippen LogP contribution < -0.4 is 15.0 Å². The third-order valence-corrected chi connectivity index (χ3v) is 8.55. The van der Waals surface area contributed by atoms with E-state index in [0.717, 1.165) is 74.8 Å². The summed E-state index contributed by atoms with van der Waals surface area (Å²) < 4.78 is 11.8. The number of pyridine rings is 1. The molecule has 7 rings (SSSR count). The number of fused-ring (bicyclic) bond motifs is 2. The van der Waals surface area contributed by atoms with E-state index in [2.05, 4.69) is 39.4 Å². The number of morpholine rings is 1. The van der Waals surface area contributed by atoms with Crippen molar-refractivity contribution in [3.8, 4) is 5.75 Å². The molecule has 0 aliphatic carbocycles. The van der Waals surface area contributed by atoms with Gasteiger partial charge in [-0.2, -0.15) is 0 Å². The maximum atomic E-state index is 13.0. The number of imide groups is 1. The van der Waals surface area contributed by atoms with Crippen LogP contribution in [0.1, 0.15) is 40.9 Å². The van der Waals surface area contributed by atoms with Crippen molar-refractivity contribution in [3.05, 3.63) is 65.5 Å². The number of likely N-dealkylation sites (tertiary alicyclic amines) is 1. The SMILES string of the molecule is O=C1CCC(N2Cc3cc(O[C@H]4CCN(Cc5cc6ccc(N7CCOCC7)cc6cn5)C4)ccc3C2=O)C(=O)N1. The number of anilines is 1. The molecule has 4 aliphatic heterocycles. The van der Waals surface area contributed by atoms with E-state index in [0.29, 0.717) is 18.5 Å². The molecule has 0 saturated carbocycles. The van der Waals surface area contributed by atoms with Gasteiger partial charge in [-0.05, 0) is 60.2 Å². The molecule has 0 spiro atoms. The lowest BCUT2D eigenvalue weighted by Crippen LogP contribution is -2.52. The highest BCUT2D eigenvalue weighted by atomic mass is 16.5. The fourth-order valence-corrected chi connectivity index (χ4v) is 6.36. The molecule has 10 heteroatoms. The summed E-state index contributed by atoms with van der Waals surface area (Å²) in [4.78, 5) is 47.8. The molecule has 0 radical (unpaired) electrons. The summed E-state index contributed by atoms with van der Waals surface area (Å²) in [5, 5.41) is 4.68. The van der Waals surface area contributed by atoms with Crippen molar-refractivity contribution < 1.29 is 23.9 Å². The van der Waals surface area contributed by atoms with Gasteiger partial charge in [0, 0.05) is 68.5 Å². The fourth-order valence-electron chi connectivity index (χ4n) is 6.36. The summed E-state index contributed by atoms with van der Waals surface area (Å²) in [6.07, 6.45) is 3.53. The zero-order chi connectivity index (χ0) is 27.9. The quantitative estimate of drug-likeness (QED) is 0.463. The maximum Gasteiger partial charge on any atom is 0.255 e. The lowest BCUT2D eigenvalue weighted by atomic mass is 10.0. The van der Waals surface area contributed by atoms with E-state index < -0.39 is 11.9 Å². The Morgan fingerprint density at radius 3 is 2.71 bits per heavy atom. The molecular weight excluding hydrogens is 522 g/mol. The van der Waals surface area contributed by atoms with Crippen LogP contribution in [0, 0.1) is 0 Å². The lowest BCUT2D eigenvalue weighted by molar-refractivity contribution is -0.136. The zero-order valence-electron chi connectivity index (χ0n) is 22.9. The third-order valence-electron chi connectivity index (χ3n) is 8.55. The monoisotopic (exact) mass is 555 g/mol. The number of nitrogens with zero attached hydrogens (tertiary/aromatic N) is 4. The smallest absolute Gasteiger partial charge is 0.255 e. The van der Waals surface area contributed by atoms with Crippen molar-refractivity contribution in [2.75, 3.05) is 44.3 Å². The molecule has 5 heterocycles. The number of piperidine rings is 1. The lowest BCUT2D eigenvalue weighted by Gasteiger charge is -2.29. The molecular formula is C31H33N5O5. The van der Waals surface area contributed by atoms with Crippen molar-refractivity contribution in [2.45, 2.75) is 44.5 Å². The van der Waals surface area contributed by atoms with Crippen LogP contribution in [0.5, 0.6) is 5.75 Å². The van der Waals surface area contributed by atoms with Crippen LogP contribution in [0.25, 0.3) is 10.8 Å². The molecule has 212 valence electrons. The summed E-state index contributed by atoms with van der Waals surface area (Å²) in [6.45, 7) is 6.20. The Bertz CT molecular complexity index is 1520. The minimum atomic E-state index is -0.615. The Morgan fingerprint density at radius 2 is 1.85 bits per heavy atom. The standard InChI is InChI=1S/C31H33N5O5/c37-29-6-5-28(30(38)33-29)36-17-22-15-25(3-4-27(22)31(36)39)41-26-7-8-34(19-26)18-23-13-20-1-2-24(14-21(20)16-32-23)35-9-11-40-12-10-35/h1-4,13-16,26,28H,5-12,17-19H2,(H,33,37,38)/t26-,28?/m0/s1. The normalized spacial score (nSPS) is 23.3. The molecule has 1 unspecified atom stereocenters. The van der Waals surface area contributed by atoms with E-state index in [1.54, 1.807) is 11.0 Å². The fraction of sp³-hybridized carbons (Fsp3) is 0.419. The van der Waals surface area contributed by atoms with Crippen LogP contribution in [0.3, 0.4) is 0 Å². The van der Waals surface area contributed by atoms with E-state index in [1.165, 1.54) is 11.1 Å². The first-order chi connectivity index (χ1) is 20.0. The second kappa shape index (κ2) is 10.8. The number of nitrogens with one attached hydrogen (secondary N) is 1. The summed E-state index contributed by atoms with van der Waals surface area (Å²) in [7, 11) is 0. The van der Waals surface area contributed by atoms with E-state index in [1.807, 2.05) is 18.3 Å². The van der Waals surface area contributed by atoms with Gasteiger partial charge in [0.2, 0.25) is 11.8 Å². The number of hydrogen-bond donors (Lipinski definition) is 1. The minimum Gasteiger partial charge on any atom is -0.489 e. The highest BCUT2D eigenvalue weighted by Crippen LogP contribution is 2.31. The average Bonchev–Trinajstić information content (AvgIpc) is 3.56. The van der Waals surface area contributed by atoms with Crippen LogP contribution in [0.2, 0.25) is 0 Å². The van der Waals surface area contributed by atoms with Gasteiger partial charge in [-0.1, -0.05) is 6.07 Å². The summed E-state index contributed by atoms with van der Waals surface area (Å²) in [6, 6.07) is 13.7. The van der Waals surface area contributed by atoms with Crippen LogP contribution >= 0.6 is 0 Å². The van der Waals surface area contributed by atoms with Gasteiger partial charge in [0.15, 0.2) is 0 Å². The second-order valence-electron chi connectivity index (χ2n) is 11.3. The molecule has 1 aromatic heterocycles. The number of hydrogen-bond acceptors (Lipinski definition) is 8. The largest absolute Gasteiger partial charge is 0.489 e. The number of rotatable bonds is 6. The van der Waals surface area contributed by atoms with Gasteiger partial charge in [-0.15, -0.1) is 0 Å². The van der Waals surface area contributed by atoms with Crippen molar-refractivity contribution in [1.82, 2.24) is 20.1 Å². The van der Waals surface area contributed by atoms with Crippen LogP contribution in [-0.2, 0) is 27.4 Å². The highest BCUT2D eigenvalue weighted by molar-refractivity contribution is 6.05. The molecule has 10 nitrogen and oxygen atoms in total. The van der Waals surface area contributed by atoms with Crippen LogP contribution in [-0.4, -0.2) is 84.0 Å². The zero-order valence-corrected chi connectivity index (χ0v) is 22.9. The van der Waals surface area contributed by atoms with Crippen LogP contribution in [0.15, 0.2) is 48.7 Å². The van der Waals surface area contributed by atoms with Crippen LogP contribution in [0.4, 0.5) is 5.69 Å². The van der Waals surface area contributed by atoms with Gasteiger partial charge in [-0.25, -0.2) is 0 Å². The number of carbonyl (C=O) groups is 3. The third kappa shape index (κ3) is 5.25. The minimum absolute atomic E-state index is 0.0490. The number of carbonyl (C=O) groups excluding carboxylic acids is 3. The highest BCUT2D eigenvalue weighted by Gasteiger charge is 2.39. The first-order valence-electron chi connectivity index (χ1n) is 14.4. The molecule has 4 aliphatic rings. The Kier molecular flexibility index (Phi) is 6.80. The van der Waals surface area contributed by atoms with Gasteiger partial charge >= 0.3 is 0 Å². The van der Waals surface area contributed by atoms with Gasteiger partial charge in [0.1, 0.15) is 17.9 Å². The van der Waals surface area contributed by atoms with Gasteiger partial charge in [0.05, 0.1) is 18.9 Å². The Hall–Kier alpha value is -4.02. The summed E-state index contributed by atoms with van der Waals surface area (Å²) >= 11 is 0. The van der Waals surface area contributed by atoms with Gasteiger partial charge < -0.3 is 19.3 Å². The molecule has 1 N–H and O–H groups in total. The first kappa shape index (κ1) is 25.9. The van der Waals surface area contributed by atoms with Gasteiger partial charge in [-0.3, -0.25) is 29.6 Å². The predicted molar refractivity (Wildman–Crippen MR) is 152 cm³/mol. The van der Waals surface area contributed by atoms with E-state index in [-0.39, 0.29) is 24.3 Å². The topological polar surface area (TPSA) is 104 Å². The average molecular weight is 556 g/mol. The number of benzene rings is 2. The van der Waals surface area contributed by atoms with E-state index >= 15 is 0 Å². The van der Waals surface area contributed by atoms with Crippen molar-refractivity contribution >= 4 is 34.2 Å². The summed E-state index contributed by atoms with van der Waals surface area (Å²) in [5.41, 5.74) is 3.70. The van der Waals surface area contributed by atoms with Crippen molar-refractivity contribution in [2.24, 2.45) is 0 Å². The molecule has 0 bridgehead atoms. The maximum absolute atomic E-state index is 13.0. The first-order valence-corrected chi connectivity index (χ1v) is 14.4. The molecule has 2 atom stereocenters. The van der Waals surface area contributed by atoms with Gasteiger partial charge in [0.25, 0.3) is 5.91 Å². The molecule has 3 amide bonds. The van der Waals surface area contributed by atoms with Crippen molar-refractivity contribution in [3.63, 3.8) is 0 Å². The number of aromatic nitrogens is 1. The molecule has 3 saturated heterocycles. The molecule has 3 fully saturated rings. The number of amides is 3. The molecule has 2 aromatic carbocycles.